The second-order valence-electron chi connectivity index (χ2n) is 5.91. The highest BCUT2D eigenvalue weighted by molar-refractivity contribution is 5.18. The predicted molar refractivity (Wildman–Crippen MR) is 82.1 cm³/mol. The number of pyridine rings is 1. The number of hydrogen-bond donors (Lipinski definition) is 1. The Balaban J connectivity index is 1.95. The van der Waals surface area contributed by atoms with E-state index in [1.165, 1.54) is 5.56 Å². The molecular formula is C16H24N4O. The molecule has 0 radical (unpaired) electrons. The first-order valence-electron chi connectivity index (χ1n) is 7.47. The summed E-state index contributed by atoms with van der Waals surface area (Å²) in [7, 11) is 0. The summed E-state index contributed by atoms with van der Waals surface area (Å²) >= 11 is 0. The van der Waals surface area contributed by atoms with Crippen molar-refractivity contribution in [1.82, 2.24) is 20.4 Å². The van der Waals surface area contributed by atoms with Crippen LogP contribution in [-0.2, 0) is 6.42 Å². The first kappa shape index (κ1) is 15.6. The molecule has 0 aliphatic carbocycles. The van der Waals surface area contributed by atoms with Gasteiger partial charge in [0.2, 0.25) is 5.89 Å². The molecule has 2 aromatic heterocycles. The molecule has 0 aliphatic heterocycles. The summed E-state index contributed by atoms with van der Waals surface area (Å²) in [6.45, 7) is 10.4. The van der Waals surface area contributed by atoms with Gasteiger partial charge < -0.3 is 9.84 Å². The summed E-state index contributed by atoms with van der Waals surface area (Å²) < 4.78 is 5.32. The molecule has 1 N–H and O–H groups in total. The van der Waals surface area contributed by atoms with Crippen LogP contribution in [0.2, 0.25) is 0 Å². The van der Waals surface area contributed by atoms with Crippen molar-refractivity contribution in [2.75, 3.05) is 0 Å². The van der Waals surface area contributed by atoms with Crippen LogP contribution in [0.5, 0.6) is 0 Å². The predicted octanol–water partition coefficient (Wildman–Crippen LogP) is 3.18. The third-order valence-electron chi connectivity index (χ3n) is 3.50. The molecular weight excluding hydrogens is 264 g/mol. The first-order valence-corrected chi connectivity index (χ1v) is 7.47. The van der Waals surface area contributed by atoms with Crippen LogP contribution in [0.25, 0.3) is 0 Å². The minimum absolute atomic E-state index is 0.0315. The fourth-order valence-electron chi connectivity index (χ4n) is 2.24. The third kappa shape index (κ3) is 4.11. The maximum absolute atomic E-state index is 5.32. The Morgan fingerprint density at radius 2 is 2.00 bits per heavy atom. The molecule has 0 bridgehead atoms. The van der Waals surface area contributed by atoms with Gasteiger partial charge >= 0.3 is 0 Å². The van der Waals surface area contributed by atoms with E-state index in [4.69, 9.17) is 4.52 Å². The summed E-state index contributed by atoms with van der Waals surface area (Å²) in [5.41, 5.74) is 2.34. The molecule has 2 aromatic rings. The van der Waals surface area contributed by atoms with E-state index in [0.717, 1.165) is 17.9 Å². The summed E-state index contributed by atoms with van der Waals surface area (Å²) in [6.07, 6.45) is 2.72. The Morgan fingerprint density at radius 1 is 1.24 bits per heavy atom. The van der Waals surface area contributed by atoms with Gasteiger partial charge in [-0.1, -0.05) is 25.1 Å². The lowest BCUT2D eigenvalue weighted by atomic mass is 10.1. The summed E-state index contributed by atoms with van der Waals surface area (Å²) in [5.74, 6) is 1.68. The van der Waals surface area contributed by atoms with Crippen molar-refractivity contribution < 1.29 is 4.52 Å². The molecule has 2 rings (SSSR count). The molecule has 0 unspecified atom stereocenters. The number of rotatable bonds is 6. The number of aromatic nitrogens is 3. The quantitative estimate of drug-likeness (QED) is 0.884. The third-order valence-corrected chi connectivity index (χ3v) is 3.50. The van der Waals surface area contributed by atoms with Crippen LogP contribution in [0.15, 0.2) is 22.9 Å². The van der Waals surface area contributed by atoms with Gasteiger partial charge in [0.15, 0.2) is 5.82 Å². The molecule has 0 aromatic carbocycles. The van der Waals surface area contributed by atoms with Crippen molar-refractivity contribution in [3.8, 4) is 0 Å². The van der Waals surface area contributed by atoms with Gasteiger partial charge in [-0.05, 0) is 32.4 Å². The normalized spacial score (nSPS) is 14.4. The standard InChI is InChI=1S/C16H24N4O/c1-10(2)15-19-16(21-20-15)13(5)18-12(4)9-14-11(3)7-6-8-17-14/h6-8,10,12-13,18H,9H2,1-5H3/t12-,13-/m1/s1. The molecule has 114 valence electrons. The van der Waals surface area contributed by atoms with E-state index in [1.807, 2.05) is 19.2 Å². The SMILES string of the molecule is Cc1cccnc1C[C@@H](C)N[C@H](C)c1nc(C(C)C)no1. The summed E-state index contributed by atoms with van der Waals surface area (Å²) in [6, 6.07) is 4.36. The average Bonchev–Trinajstić information content (AvgIpc) is 2.91. The fraction of sp³-hybridized carbons (Fsp3) is 0.562. The Labute approximate surface area is 126 Å². The highest BCUT2D eigenvalue weighted by Gasteiger charge is 2.18. The van der Waals surface area contributed by atoms with Gasteiger partial charge in [0, 0.05) is 30.3 Å². The Kier molecular flexibility index (Phi) is 5.07. The molecule has 0 saturated carbocycles. The highest BCUT2D eigenvalue weighted by Crippen LogP contribution is 2.16. The molecule has 0 aliphatic rings. The zero-order valence-electron chi connectivity index (χ0n) is 13.4. The fourth-order valence-corrected chi connectivity index (χ4v) is 2.24. The monoisotopic (exact) mass is 288 g/mol. The minimum Gasteiger partial charge on any atom is -0.338 e. The van der Waals surface area contributed by atoms with E-state index in [1.54, 1.807) is 0 Å². The van der Waals surface area contributed by atoms with Gasteiger partial charge in [0.1, 0.15) is 0 Å². The molecule has 0 fully saturated rings. The van der Waals surface area contributed by atoms with Crippen molar-refractivity contribution in [2.45, 2.75) is 59.0 Å². The molecule has 21 heavy (non-hydrogen) atoms. The summed E-state index contributed by atoms with van der Waals surface area (Å²) in [4.78, 5) is 8.87. The maximum Gasteiger partial charge on any atom is 0.243 e. The largest absolute Gasteiger partial charge is 0.338 e. The highest BCUT2D eigenvalue weighted by atomic mass is 16.5. The lowest BCUT2D eigenvalue weighted by Crippen LogP contribution is -2.31. The van der Waals surface area contributed by atoms with Gasteiger partial charge in [-0.25, -0.2) is 0 Å². The Hall–Kier alpha value is -1.75. The smallest absolute Gasteiger partial charge is 0.243 e. The van der Waals surface area contributed by atoms with Crippen molar-refractivity contribution in [3.63, 3.8) is 0 Å². The molecule has 2 heterocycles. The van der Waals surface area contributed by atoms with E-state index in [2.05, 4.69) is 54.2 Å². The molecule has 5 nitrogen and oxygen atoms in total. The van der Waals surface area contributed by atoms with Gasteiger partial charge in [0.25, 0.3) is 0 Å². The molecule has 0 spiro atoms. The Bertz CT molecular complexity index is 579. The Morgan fingerprint density at radius 3 is 2.62 bits per heavy atom. The van der Waals surface area contributed by atoms with Crippen LogP contribution in [0, 0.1) is 6.92 Å². The molecule has 2 atom stereocenters. The number of hydrogen-bond acceptors (Lipinski definition) is 5. The van der Waals surface area contributed by atoms with Gasteiger partial charge in [-0.3, -0.25) is 4.98 Å². The van der Waals surface area contributed by atoms with Crippen LogP contribution < -0.4 is 5.32 Å². The van der Waals surface area contributed by atoms with E-state index in [9.17, 15) is 0 Å². The van der Waals surface area contributed by atoms with Crippen LogP contribution in [0.3, 0.4) is 0 Å². The zero-order chi connectivity index (χ0) is 15.4. The number of nitrogens with zero attached hydrogens (tertiary/aromatic N) is 3. The van der Waals surface area contributed by atoms with Crippen LogP contribution in [0.1, 0.15) is 62.6 Å². The maximum atomic E-state index is 5.32. The van der Waals surface area contributed by atoms with Crippen molar-refractivity contribution >= 4 is 0 Å². The first-order chi connectivity index (χ1) is 9.97. The lowest BCUT2D eigenvalue weighted by molar-refractivity contribution is 0.322. The number of nitrogens with one attached hydrogen (secondary N) is 1. The number of aryl methyl sites for hydroxylation is 1. The van der Waals surface area contributed by atoms with E-state index >= 15 is 0 Å². The molecule has 0 saturated heterocycles. The molecule has 0 amide bonds. The second-order valence-corrected chi connectivity index (χ2v) is 5.91. The van der Waals surface area contributed by atoms with Crippen LogP contribution in [-0.4, -0.2) is 21.2 Å². The minimum atomic E-state index is 0.0315. The van der Waals surface area contributed by atoms with E-state index < -0.39 is 0 Å². The topological polar surface area (TPSA) is 63.8 Å². The lowest BCUT2D eigenvalue weighted by Gasteiger charge is -2.17. The van der Waals surface area contributed by atoms with E-state index in [0.29, 0.717) is 5.89 Å². The van der Waals surface area contributed by atoms with E-state index in [-0.39, 0.29) is 18.0 Å². The molecule has 5 heteroatoms. The zero-order valence-corrected chi connectivity index (χ0v) is 13.4. The van der Waals surface area contributed by atoms with Crippen LogP contribution in [0.4, 0.5) is 0 Å². The average molecular weight is 288 g/mol. The van der Waals surface area contributed by atoms with Crippen molar-refractivity contribution in [1.29, 1.82) is 0 Å². The van der Waals surface area contributed by atoms with Gasteiger partial charge in [-0.2, -0.15) is 4.98 Å². The van der Waals surface area contributed by atoms with Crippen molar-refractivity contribution in [2.24, 2.45) is 0 Å². The van der Waals surface area contributed by atoms with Gasteiger partial charge in [0.05, 0.1) is 6.04 Å². The van der Waals surface area contributed by atoms with Crippen LogP contribution >= 0.6 is 0 Å². The van der Waals surface area contributed by atoms with Gasteiger partial charge in [-0.15, -0.1) is 0 Å². The second kappa shape index (κ2) is 6.80. The summed E-state index contributed by atoms with van der Waals surface area (Å²) in [5, 5.41) is 7.49. The van der Waals surface area contributed by atoms with Crippen molar-refractivity contribution in [3.05, 3.63) is 41.3 Å².